The van der Waals surface area contributed by atoms with Gasteiger partial charge in [-0.1, -0.05) is 0 Å². The van der Waals surface area contributed by atoms with Gasteiger partial charge in [0, 0.05) is 43.5 Å². The summed E-state index contributed by atoms with van der Waals surface area (Å²) in [4.78, 5) is 139. The van der Waals surface area contributed by atoms with Crippen LogP contribution in [-0.4, -0.2) is 217 Å². The molecular formula is C38H76N16O24S. The number of hydrogen-bond acceptors (Lipinski definition) is 25. The molecule has 0 saturated carbocycles. The minimum absolute atomic E-state index is 0.0129. The van der Waals surface area contributed by atoms with E-state index in [2.05, 4.69) is 39.1 Å². The molecule has 0 saturated heterocycles. The molecule has 38 N–H and O–H groups in total. The van der Waals surface area contributed by atoms with E-state index in [0.717, 1.165) is 5.69 Å². The van der Waals surface area contributed by atoms with Crippen molar-refractivity contribution in [3.05, 3.63) is 18.2 Å². The van der Waals surface area contributed by atoms with Crippen molar-refractivity contribution in [2.45, 2.75) is 113 Å². The molecule has 41 heteroatoms. The number of guanidine groups is 1. The zero-order chi connectivity index (χ0) is 64.3. The van der Waals surface area contributed by atoms with Crippen molar-refractivity contribution in [2.24, 2.45) is 79.5 Å². The topological polar surface area (TPSA) is 824 Å². The van der Waals surface area contributed by atoms with Gasteiger partial charge < -0.3 is 136 Å². The Balaban J connectivity index is -0.000000121. The van der Waals surface area contributed by atoms with Gasteiger partial charge in [-0.15, -0.1) is 0 Å². The third-order valence-electron chi connectivity index (χ3n) is 7.13. The maximum Gasteiger partial charge on any atom is 0.321 e. The van der Waals surface area contributed by atoms with Gasteiger partial charge >= 0.3 is 65.7 Å². The number of carboxylic acids is 11. The molecule has 1 heterocycles. The van der Waals surface area contributed by atoms with Gasteiger partial charge in [-0.2, -0.15) is 12.6 Å². The minimum atomic E-state index is -1.29. The van der Waals surface area contributed by atoms with Crippen molar-refractivity contribution < 1.29 is 119 Å². The first-order valence-corrected chi connectivity index (χ1v) is 22.0. The molecule has 40 nitrogen and oxygen atoms in total. The number of aromatic amines is 1. The summed E-state index contributed by atoms with van der Waals surface area (Å²) >= 11 is 3.65. The molecule has 79 heavy (non-hydrogen) atoms. The van der Waals surface area contributed by atoms with Crippen LogP contribution in [0.4, 0.5) is 0 Å². The van der Waals surface area contributed by atoms with Gasteiger partial charge in [0.05, 0.1) is 25.7 Å². The Labute approximate surface area is 453 Å². The van der Waals surface area contributed by atoms with Crippen molar-refractivity contribution in [3.8, 4) is 0 Å². The molecule has 0 aliphatic rings. The standard InChI is InChI=1S/C6H14N4O2.C6H9N3O2.C5H10N2O3.C5H9NO4.C4H8N2O3.C4H7NO4.C3H7NO2S.C3H7NO2.C2H5NO2/c7-4(5(11)12)2-1-3-10-6(8)9;7-5(6(10)11)1-4-2-8-3-9-4;2*6-3(5(9)10)1-2-4(7)8;2*5-2(4(8)9)1-3(6)7;4-2(1-7)3(5)6;1-2(4)3(5)6;3-1-2(4)5/h4H,1-3,7H2,(H,11,12)(H4,8,9,10);2-3,5H,1,7H2,(H,8,9)(H,10,11);3H,1-2,6H2,(H2,7,8)(H,9,10);3H,1-2,6H2,(H,7,8)(H,9,10);2H,1,5H2,(H2,6,7)(H,8,9);2H,1,5H2,(H,6,7)(H,8,9);2,7H,1,4H2,(H,5,6);2H,4H2,1H3,(H,5,6);1,3H2,(H,4,5)/t4-;5-;2*3-;4*2-;/m00000000./s1. The fraction of sp³-hybridized carbons (Fsp3) is 0.553. The number of imidazole rings is 1. The van der Waals surface area contributed by atoms with Crippen LogP contribution < -0.4 is 74.5 Å². The van der Waals surface area contributed by atoms with Crippen LogP contribution in [0.3, 0.4) is 0 Å². The maximum atomic E-state index is 10.3. The predicted octanol–water partition coefficient (Wildman–Crippen LogP) is -9.33. The number of aliphatic imine (C=N–C) groups is 1. The second kappa shape index (κ2) is 54.4. The number of amides is 2. The van der Waals surface area contributed by atoms with E-state index in [0.29, 0.717) is 19.4 Å². The molecule has 1 rings (SSSR count). The molecule has 0 spiro atoms. The van der Waals surface area contributed by atoms with Crippen LogP contribution in [0.25, 0.3) is 0 Å². The lowest BCUT2D eigenvalue weighted by atomic mass is 10.2. The first kappa shape index (κ1) is 87.3. The largest absolute Gasteiger partial charge is 0.481 e. The van der Waals surface area contributed by atoms with Crippen LogP contribution in [0.5, 0.6) is 0 Å². The second-order valence-corrected chi connectivity index (χ2v) is 14.8. The van der Waals surface area contributed by atoms with Crippen molar-refractivity contribution in [3.63, 3.8) is 0 Å². The number of carboxylic acid groups (broad SMARTS) is 11. The zero-order valence-corrected chi connectivity index (χ0v) is 43.2. The first-order valence-electron chi connectivity index (χ1n) is 21.4. The lowest BCUT2D eigenvalue weighted by Crippen LogP contribution is -2.34. The molecular weight excluding hydrogens is 1100 g/mol. The number of thiol groups is 1. The van der Waals surface area contributed by atoms with E-state index in [9.17, 15) is 62.3 Å². The average Bonchev–Trinajstić information content (AvgIpc) is 3.84. The van der Waals surface area contributed by atoms with Gasteiger partial charge in [0.1, 0.15) is 48.3 Å². The lowest BCUT2D eigenvalue weighted by Gasteiger charge is -2.03. The van der Waals surface area contributed by atoms with Crippen molar-refractivity contribution in [1.29, 1.82) is 0 Å². The Hall–Kier alpha value is -8.42. The van der Waals surface area contributed by atoms with E-state index < -0.39 is 132 Å². The Bertz CT molecular complexity index is 1930. The fourth-order valence-corrected chi connectivity index (χ4v) is 3.00. The van der Waals surface area contributed by atoms with E-state index in [-0.39, 0.29) is 56.8 Å². The monoisotopic (exact) mass is 1170 g/mol. The highest BCUT2D eigenvalue weighted by Gasteiger charge is 2.16. The Morgan fingerprint density at radius 3 is 1.08 bits per heavy atom. The molecule has 2 amide bonds. The number of carbonyl (C=O) groups is 13. The summed E-state index contributed by atoms with van der Waals surface area (Å²) in [7, 11) is 0. The van der Waals surface area contributed by atoms with E-state index in [4.69, 9.17) is 119 Å². The molecule has 0 unspecified atom stereocenters. The number of rotatable bonds is 26. The van der Waals surface area contributed by atoms with E-state index in [1.807, 2.05) is 0 Å². The normalized spacial score (nSPS) is 12.3. The molecule has 0 aliphatic carbocycles. The van der Waals surface area contributed by atoms with Gasteiger partial charge in [0.25, 0.3) is 0 Å². The number of nitrogens with zero attached hydrogens (tertiary/aromatic N) is 2. The molecule has 1 aromatic rings. The molecule has 0 aromatic carbocycles. The summed E-state index contributed by atoms with van der Waals surface area (Å²) in [5, 5.41) is 88.9. The molecule has 0 radical (unpaired) electrons. The molecule has 0 fully saturated rings. The highest BCUT2D eigenvalue weighted by Crippen LogP contribution is 1.97. The van der Waals surface area contributed by atoms with Crippen molar-refractivity contribution >= 4 is 96.1 Å². The minimum Gasteiger partial charge on any atom is -0.481 e. The number of primary amides is 2. The summed E-state index contributed by atoms with van der Waals surface area (Å²) in [6, 6.07) is -7.71. The van der Waals surface area contributed by atoms with Gasteiger partial charge in [0.15, 0.2) is 5.96 Å². The van der Waals surface area contributed by atoms with Crippen molar-refractivity contribution in [2.75, 3.05) is 18.8 Å². The Morgan fingerprint density at radius 1 is 0.506 bits per heavy atom. The van der Waals surface area contributed by atoms with Gasteiger partial charge in [0.2, 0.25) is 11.8 Å². The summed E-state index contributed by atoms with van der Waals surface area (Å²) in [5.41, 5.74) is 64.9. The lowest BCUT2D eigenvalue weighted by molar-refractivity contribution is -0.144. The SMILES string of the molecule is C[C@H](N)C(=O)O.NC(=O)CC[C@H](N)C(=O)O.NC(=O)C[C@H](N)C(=O)O.NC(N)=NCCC[C@H](N)C(=O)O.NCC(=O)O.N[C@@H](CC(=O)O)C(=O)O.N[C@@H](CCC(=O)O)C(=O)O.N[C@@H](CS)C(=O)O.N[C@@H](Cc1cnc[nH]1)C(=O)O. The van der Waals surface area contributed by atoms with Crippen molar-refractivity contribution in [1.82, 2.24) is 9.97 Å². The number of hydrogen-bond donors (Lipinski definition) is 26. The quantitative estimate of drug-likeness (QED) is 0.0177. The summed E-state index contributed by atoms with van der Waals surface area (Å²) in [6.07, 6.45) is 3.35. The third kappa shape index (κ3) is 78.6. The molecule has 1 aromatic heterocycles. The van der Waals surface area contributed by atoms with Gasteiger partial charge in [-0.05, 0) is 32.6 Å². The number of carbonyl (C=O) groups excluding carboxylic acids is 2. The van der Waals surface area contributed by atoms with Crippen LogP contribution in [0.15, 0.2) is 17.5 Å². The maximum absolute atomic E-state index is 10.3. The van der Waals surface area contributed by atoms with E-state index in [1.165, 1.54) is 13.3 Å². The molecule has 0 aliphatic heterocycles. The third-order valence-corrected chi connectivity index (χ3v) is 7.52. The van der Waals surface area contributed by atoms with Crippen LogP contribution in [-0.2, 0) is 68.7 Å². The first-order chi connectivity index (χ1) is 36.0. The van der Waals surface area contributed by atoms with Crippen LogP contribution in [0.1, 0.15) is 64.0 Å². The molecule has 0 bridgehead atoms. The Kier molecular flexibility index (Phi) is 60.1. The van der Waals surface area contributed by atoms with Crippen LogP contribution in [0, 0.1) is 0 Å². The summed E-state index contributed by atoms with van der Waals surface area (Å²) < 4.78 is 0. The van der Waals surface area contributed by atoms with E-state index >= 15 is 0 Å². The molecule has 8 atom stereocenters. The highest BCUT2D eigenvalue weighted by molar-refractivity contribution is 7.80. The van der Waals surface area contributed by atoms with E-state index in [1.54, 1.807) is 6.20 Å². The second-order valence-electron chi connectivity index (χ2n) is 14.5. The number of aromatic nitrogens is 2. The van der Waals surface area contributed by atoms with Gasteiger partial charge in [-0.3, -0.25) is 67.3 Å². The number of nitrogens with one attached hydrogen (secondary N) is 1. The summed E-state index contributed by atoms with van der Waals surface area (Å²) in [6.45, 7) is 1.56. The number of H-pyrrole nitrogens is 1. The molecule has 458 valence electrons. The number of nitrogens with two attached hydrogens (primary N) is 13. The Morgan fingerprint density at radius 2 is 0.861 bits per heavy atom. The highest BCUT2D eigenvalue weighted by atomic mass is 32.1. The summed E-state index contributed by atoms with van der Waals surface area (Å²) in [5.74, 6) is -13.0. The fourth-order valence-electron chi connectivity index (χ4n) is 2.84. The van der Waals surface area contributed by atoms with Gasteiger partial charge in [-0.25, -0.2) is 4.98 Å². The number of aliphatic carboxylic acids is 11. The zero-order valence-electron chi connectivity index (χ0n) is 42.3. The smallest absolute Gasteiger partial charge is 0.321 e. The van der Waals surface area contributed by atoms with Crippen LogP contribution >= 0.6 is 12.6 Å². The average molecular weight is 1170 g/mol. The van der Waals surface area contributed by atoms with Crippen LogP contribution in [0.2, 0.25) is 0 Å². The predicted molar refractivity (Wildman–Crippen MR) is 275 cm³/mol.